The minimum atomic E-state index is -3.62. The highest BCUT2D eigenvalue weighted by Gasteiger charge is 2.25. The van der Waals surface area contributed by atoms with Crippen molar-refractivity contribution in [2.75, 3.05) is 46.2 Å². The molecule has 0 aliphatic carbocycles. The van der Waals surface area contributed by atoms with Crippen LogP contribution in [0.3, 0.4) is 0 Å². The fourth-order valence-corrected chi connectivity index (χ4v) is 5.79. The number of hydrogen-bond acceptors (Lipinski definition) is 7. The number of anilines is 1. The smallest absolute Gasteiger partial charge is 0.242 e. The van der Waals surface area contributed by atoms with E-state index >= 15 is 0 Å². The summed E-state index contributed by atoms with van der Waals surface area (Å²) in [6.45, 7) is 1.90. The molecule has 10 heteroatoms. The summed E-state index contributed by atoms with van der Waals surface area (Å²) in [5.41, 5.74) is 3.61. The van der Waals surface area contributed by atoms with E-state index in [2.05, 4.69) is 39.9 Å². The van der Waals surface area contributed by atoms with Crippen LogP contribution in [0.2, 0.25) is 5.02 Å². The molecule has 1 aliphatic heterocycles. The van der Waals surface area contributed by atoms with Crippen LogP contribution < -0.4 is 4.90 Å². The van der Waals surface area contributed by atoms with Gasteiger partial charge in [-0.25, -0.2) is 22.7 Å². The highest BCUT2D eigenvalue weighted by atomic mass is 35.5. The second-order valence-corrected chi connectivity index (χ2v) is 12.2. The van der Waals surface area contributed by atoms with E-state index in [0.29, 0.717) is 40.1 Å². The second kappa shape index (κ2) is 11.2. The van der Waals surface area contributed by atoms with Gasteiger partial charge in [-0.05, 0) is 49.8 Å². The normalized spacial score (nSPS) is 15.9. The number of aromatic nitrogens is 2. The quantitative estimate of drug-likeness (QED) is 0.433. The number of nitrogens with zero attached hydrogens (tertiary/aromatic N) is 6. The van der Waals surface area contributed by atoms with Crippen LogP contribution in [0.5, 0.6) is 0 Å². The van der Waals surface area contributed by atoms with Gasteiger partial charge in [0.25, 0.3) is 0 Å². The van der Waals surface area contributed by atoms with Crippen LogP contribution in [-0.4, -0.2) is 74.9 Å². The molecule has 0 unspecified atom stereocenters. The molecule has 0 amide bonds. The number of rotatable bonds is 8. The SMILES string of the molecule is CN(C)[C@H]1CCN(c2ccc(Cc3ncc(Cl)c(Cc4ccccc4S(=O)(=O)N(C)C)n3)c(C#N)c2)C1. The molecule has 37 heavy (non-hydrogen) atoms. The van der Waals surface area contributed by atoms with E-state index in [9.17, 15) is 13.7 Å². The average Bonchev–Trinajstić information content (AvgIpc) is 3.37. The summed E-state index contributed by atoms with van der Waals surface area (Å²) in [6, 6.07) is 15.6. The Morgan fingerprint density at radius 1 is 1.11 bits per heavy atom. The average molecular weight is 539 g/mol. The fraction of sp³-hybridized carbons (Fsp3) is 0.370. The Morgan fingerprint density at radius 2 is 1.86 bits per heavy atom. The van der Waals surface area contributed by atoms with Crippen molar-refractivity contribution < 1.29 is 8.42 Å². The first-order valence-electron chi connectivity index (χ1n) is 12.0. The van der Waals surface area contributed by atoms with E-state index in [0.717, 1.165) is 30.8 Å². The monoisotopic (exact) mass is 538 g/mol. The van der Waals surface area contributed by atoms with E-state index in [1.165, 1.54) is 24.6 Å². The summed E-state index contributed by atoms with van der Waals surface area (Å²) in [7, 11) is 3.58. The highest BCUT2D eigenvalue weighted by Crippen LogP contribution is 2.27. The first-order chi connectivity index (χ1) is 17.6. The molecule has 2 heterocycles. The van der Waals surface area contributed by atoms with Crippen LogP contribution in [0.25, 0.3) is 0 Å². The van der Waals surface area contributed by atoms with Crippen molar-refractivity contribution in [1.29, 1.82) is 5.26 Å². The number of benzene rings is 2. The van der Waals surface area contributed by atoms with E-state index in [4.69, 9.17) is 11.6 Å². The molecule has 4 rings (SSSR count). The molecule has 8 nitrogen and oxygen atoms in total. The van der Waals surface area contributed by atoms with Crippen molar-refractivity contribution >= 4 is 27.3 Å². The lowest BCUT2D eigenvalue weighted by molar-refractivity contribution is 0.315. The molecular formula is C27H31ClN6O2S. The van der Waals surface area contributed by atoms with Crippen molar-refractivity contribution in [3.8, 4) is 6.07 Å². The molecule has 2 aromatic carbocycles. The Balaban J connectivity index is 1.58. The molecule has 0 spiro atoms. The van der Waals surface area contributed by atoms with E-state index in [1.807, 2.05) is 18.2 Å². The van der Waals surface area contributed by atoms with Gasteiger partial charge in [0.2, 0.25) is 10.0 Å². The largest absolute Gasteiger partial charge is 0.370 e. The minimum Gasteiger partial charge on any atom is -0.370 e. The van der Waals surface area contributed by atoms with Crippen molar-refractivity contribution in [1.82, 2.24) is 19.2 Å². The molecule has 1 fully saturated rings. The molecule has 0 N–H and O–H groups in total. The molecule has 0 bridgehead atoms. The first-order valence-corrected chi connectivity index (χ1v) is 13.9. The second-order valence-electron chi connectivity index (χ2n) is 9.63. The standard InChI is InChI=1S/C27H31ClN6O2S/c1-32(2)23-11-12-34(18-23)22-10-9-19(21(13-22)16-29)15-27-30-17-24(28)25(31-27)14-20-7-5-6-8-26(20)37(35,36)33(3)4/h5-10,13,17,23H,11-12,14-15,18H2,1-4H3/t23-/m0/s1. The zero-order chi connectivity index (χ0) is 26.7. The Bertz CT molecular complexity index is 1440. The van der Waals surface area contributed by atoms with Gasteiger partial charge < -0.3 is 9.80 Å². The maximum absolute atomic E-state index is 12.8. The third-order valence-corrected chi connectivity index (χ3v) is 9.01. The Morgan fingerprint density at radius 3 is 2.54 bits per heavy atom. The Hall–Kier alpha value is -3.03. The zero-order valence-corrected chi connectivity index (χ0v) is 23.1. The molecule has 0 saturated carbocycles. The number of halogens is 1. The Kier molecular flexibility index (Phi) is 8.14. The summed E-state index contributed by atoms with van der Waals surface area (Å²) < 4.78 is 26.8. The van der Waals surface area contributed by atoms with Gasteiger partial charge in [-0.1, -0.05) is 35.9 Å². The zero-order valence-electron chi connectivity index (χ0n) is 21.5. The van der Waals surface area contributed by atoms with Crippen LogP contribution in [0.15, 0.2) is 53.6 Å². The van der Waals surface area contributed by atoms with E-state index < -0.39 is 10.0 Å². The number of hydrogen-bond donors (Lipinski definition) is 0. The minimum absolute atomic E-state index is 0.219. The maximum Gasteiger partial charge on any atom is 0.242 e. The van der Waals surface area contributed by atoms with Crippen molar-refractivity contribution in [3.05, 3.63) is 81.9 Å². The van der Waals surface area contributed by atoms with Crippen LogP contribution in [0, 0.1) is 11.3 Å². The maximum atomic E-state index is 12.8. The summed E-state index contributed by atoms with van der Waals surface area (Å²) in [5, 5.41) is 10.2. The lowest BCUT2D eigenvalue weighted by Crippen LogP contribution is -2.31. The van der Waals surface area contributed by atoms with Gasteiger partial charge in [0.1, 0.15) is 5.82 Å². The molecular weight excluding hydrogens is 508 g/mol. The summed E-state index contributed by atoms with van der Waals surface area (Å²) >= 11 is 6.42. The van der Waals surface area contributed by atoms with Crippen LogP contribution in [0.1, 0.15) is 34.6 Å². The molecule has 1 aliphatic rings. The molecule has 0 radical (unpaired) electrons. The third-order valence-electron chi connectivity index (χ3n) is 6.78. The van der Waals surface area contributed by atoms with Gasteiger partial charge in [0, 0.05) is 58.0 Å². The van der Waals surface area contributed by atoms with Gasteiger partial charge in [0.05, 0.1) is 27.2 Å². The number of sulfonamides is 1. The summed E-state index contributed by atoms with van der Waals surface area (Å²) in [4.78, 5) is 13.8. The van der Waals surface area contributed by atoms with Gasteiger partial charge in [-0.3, -0.25) is 0 Å². The number of likely N-dealkylation sites (N-methyl/N-ethyl adjacent to an activating group) is 1. The van der Waals surface area contributed by atoms with Gasteiger partial charge in [-0.15, -0.1) is 0 Å². The predicted molar refractivity (Wildman–Crippen MR) is 145 cm³/mol. The molecule has 1 saturated heterocycles. The summed E-state index contributed by atoms with van der Waals surface area (Å²) in [6.07, 6.45) is 3.24. The topological polar surface area (TPSA) is 93.4 Å². The van der Waals surface area contributed by atoms with Gasteiger partial charge >= 0.3 is 0 Å². The van der Waals surface area contributed by atoms with E-state index in [1.54, 1.807) is 24.3 Å². The van der Waals surface area contributed by atoms with Gasteiger partial charge in [0.15, 0.2) is 0 Å². The van der Waals surface area contributed by atoms with Gasteiger partial charge in [-0.2, -0.15) is 5.26 Å². The molecule has 194 valence electrons. The third kappa shape index (κ3) is 5.94. The first kappa shape index (κ1) is 27.0. The van der Waals surface area contributed by atoms with Crippen LogP contribution >= 0.6 is 11.6 Å². The van der Waals surface area contributed by atoms with Crippen molar-refractivity contribution in [2.45, 2.75) is 30.2 Å². The fourth-order valence-electron chi connectivity index (χ4n) is 4.52. The molecule has 3 aromatic rings. The summed E-state index contributed by atoms with van der Waals surface area (Å²) in [5.74, 6) is 0.519. The number of nitriles is 1. The van der Waals surface area contributed by atoms with Crippen LogP contribution in [0.4, 0.5) is 5.69 Å². The molecule has 1 aromatic heterocycles. The highest BCUT2D eigenvalue weighted by molar-refractivity contribution is 7.89. The predicted octanol–water partition coefficient (Wildman–Crippen LogP) is 3.57. The lowest BCUT2D eigenvalue weighted by atomic mass is 10.0. The van der Waals surface area contributed by atoms with Crippen molar-refractivity contribution in [2.24, 2.45) is 0 Å². The lowest BCUT2D eigenvalue weighted by Gasteiger charge is -2.22. The van der Waals surface area contributed by atoms with Crippen molar-refractivity contribution in [3.63, 3.8) is 0 Å². The Labute approximate surface area is 224 Å². The van der Waals surface area contributed by atoms with Crippen LogP contribution in [-0.2, 0) is 22.9 Å². The van der Waals surface area contributed by atoms with E-state index in [-0.39, 0.29) is 11.3 Å². The molecule has 1 atom stereocenters.